The third-order valence-electron chi connectivity index (χ3n) is 15.2. The number of hydrogen-bond acceptors (Lipinski definition) is 7. The zero-order valence-corrected chi connectivity index (χ0v) is 80.7. The molecule has 0 aromatic heterocycles. The fraction of sp³-hybridized carbons (Fsp3) is 0.533. The molecular formula is C105H177N7O7. The molecule has 2 unspecified atom stereocenters. The van der Waals surface area contributed by atoms with E-state index in [-0.39, 0.29) is 88.6 Å². The highest BCUT2D eigenvalue weighted by atomic mass is 16.2. The van der Waals surface area contributed by atoms with Gasteiger partial charge in [-0.2, -0.15) is 0 Å². The quantitative estimate of drug-likeness (QED) is 0.0561. The van der Waals surface area contributed by atoms with Crippen LogP contribution in [0.2, 0.25) is 0 Å². The van der Waals surface area contributed by atoms with Crippen LogP contribution in [0.5, 0.6) is 0 Å². The van der Waals surface area contributed by atoms with Gasteiger partial charge in [-0.15, -0.1) is 0 Å². The van der Waals surface area contributed by atoms with Gasteiger partial charge in [0.25, 0.3) is 0 Å². The number of hydrogen-bond donors (Lipinski definition) is 7. The molecule has 0 saturated carbocycles. The lowest BCUT2D eigenvalue weighted by atomic mass is 9.94. The fourth-order valence-electron chi connectivity index (χ4n) is 7.99. The Kier molecular flexibility index (Phi) is 61.0. The highest BCUT2D eigenvalue weighted by Crippen LogP contribution is 2.24. The molecule has 7 aromatic rings. The second kappa shape index (κ2) is 68.6. The second-order valence-corrected chi connectivity index (χ2v) is 32.7. The van der Waals surface area contributed by atoms with Crippen LogP contribution in [0.4, 0.5) is 0 Å². The van der Waals surface area contributed by atoms with Crippen LogP contribution in [0.1, 0.15) is 379 Å². The lowest BCUT2D eigenvalue weighted by molar-refractivity contribution is -0.129. The predicted molar refractivity (Wildman–Crippen MR) is 519 cm³/mol. The molecule has 6 atom stereocenters. The Morgan fingerprint density at radius 1 is 0.227 bits per heavy atom. The van der Waals surface area contributed by atoms with Crippen molar-refractivity contribution in [1.82, 2.24) is 37.2 Å². The van der Waals surface area contributed by atoms with E-state index in [0.717, 1.165) is 22.3 Å². The summed E-state index contributed by atoms with van der Waals surface area (Å²) >= 11 is 0. The molecule has 0 fully saturated rings. The van der Waals surface area contributed by atoms with Crippen molar-refractivity contribution >= 4 is 41.4 Å². The van der Waals surface area contributed by atoms with E-state index >= 15 is 0 Å². The second-order valence-electron chi connectivity index (χ2n) is 32.7. The van der Waals surface area contributed by atoms with E-state index in [1.807, 2.05) is 340 Å². The number of benzene rings is 7. The highest BCUT2D eigenvalue weighted by molar-refractivity contribution is 5.84. The van der Waals surface area contributed by atoms with E-state index in [4.69, 9.17) is 12.3 Å². The third kappa shape index (κ3) is 61.7. The normalized spacial score (nSPS) is 13.2. The summed E-state index contributed by atoms with van der Waals surface area (Å²) in [7, 11) is 0. The Bertz CT molecular complexity index is 3600. The van der Waals surface area contributed by atoms with Gasteiger partial charge < -0.3 is 37.2 Å². The molecule has 0 aliphatic heterocycles. The lowest BCUT2D eigenvalue weighted by Crippen LogP contribution is -2.36. The van der Waals surface area contributed by atoms with E-state index < -0.39 is 54.9 Å². The zero-order valence-electron chi connectivity index (χ0n) is 89.7. The fourth-order valence-corrected chi connectivity index (χ4v) is 7.99. The summed E-state index contributed by atoms with van der Waals surface area (Å²) < 4.78 is 67.9. The molecule has 7 N–H and O–H groups in total. The van der Waals surface area contributed by atoms with Gasteiger partial charge in [0, 0.05) is 56.8 Å². The van der Waals surface area contributed by atoms with E-state index in [1.165, 1.54) is 0 Å². The monoisotopic (exact) mass is 1660 g/mol. The average Bonchev–Trinajstić information content (AvgIpc) is 0.830. The van der Waals surface area contributed by atoms with Crippen molar-refractivity contribution in [2.24, 2.45) is 37.9 Å². The Morgan fingerprint density at radius 2 is 0.353 bits per heavy atom. The van der Waals surface area contributed by atoms with Crippen LogP contribution < -0.4 is 37.2 Å². The standard InChI is InChI=1S/6C13H19NO.C12H17NO.7C2H6.CH4/c6*1-10(11-8-6-5-7-9-11)14-12(15)13(2,3)4;1-12(2,3)11(14)13-9-10-7-5-4-6-8-10;7*1-2;/h6*5-10H,1-4H3,(H,14,15);4-8H,9H2,1-3H3,(H,13,14);7*1-2H3;1H4/t4*10-;;;;;;;;;;;/m1100.........../s1/i1D3;;1D3;;1D3;;;;;;;;;;. The van der Waals surface area contributed by atoms with Crippen molar-refractivity contribution < 1.29 is 45.9 Å². The number of amides is 7. The van der Waals surface area contributed by atoms with Crippen LogP contribution in [-0.4, -0.2) is 41.4 Å². The van der Waals surface area contributed by atoms with Crippen LogP contribution in [0.25, 0.3) is 0 Å². The van der Waals surface area contributed by atoms with Crippen molar-refractivity contribution in [2.75, 3.05) is 0 Å². The minimum absolute atomic E-state index is 0. The molecule has 7 aromatic carbocycles. The number of rotatable bonds is 14. The van der Waals surface area contributed by atoms with Crippen molar-refractivity contribution in [3.63, 3.8) is 0 Å². The van der Waals surface area contributed by atoms with Gasteiger partial charge in [0.2, 0.25) is 41.4 Å². The predicted octanol–water partition coefficient (Wildman–Crippen LogP) is 27.6. The van der Waals surface area contributed by atoms with E-state index in [2.05, 4.69) is 37.2 Å². The number of carbonyl (C=O) groups is 7. The minimum Gasteiger partial charge on any atom is -0.352 e. The van der Waals surface area contributed by atoms with E-state index in [0.29, 0.717) is 23.2 Å². The summed E-state index contributed by atoms with van der Waals surface area (Å²) in [6.45, 7) is 66.6. The molecule has 0 heterocycles. The first-order valence-electron chi connectivity index (χ1n) is 47.1. The summed E-state index contributed by atoms with van der Waals surface area (Å²) in [5, 5.41) is 19.7. The Hall–Kier alpha value is -9.17. The van der Waals surface area contributed by atoms with Gasteiger partial charge in [-0.05, 0) is 80.3 Å². The molecule has 0 spiro atoms. The van der Waals surface area contributed by atoms with E-state index in [9.17, 15) is 33.6 Å². The smallest absolute Gasteiger partial charge is 0.225 e. The van der Waals surface area contributed by atoms with Crippen LogP contribution in [0.15, 0.2) is 212 Å². The van der Waals surface area contributed by atoms with Gasteiger partial charge in [0.15, 0.2) is 0 Å². The van der Waals surface area contributed by atoms with Crippen LogP contribution in [-0.2, 0) is 40.1 Å². The molecule has 7 rings (SSSR count). The molecule has 0 bridgehead atoms. The number of nitrogens with one attached hydrogen (secondary N) is 7. The van der Waals surface area contributed by atoms with Crippen LogP contribution >= 0.6 is 0 Å². The molecule has 0 aliphatic rings. The van der Waals surface area contributed by atoms with Gasteiger partial charge >= 0.3 is 0 Å². The summed E-state index contributed by atoms with van der Waals surface area (Å²) in [6.07, 6.45) is 0. The maximum atomic E-state index is 11.9. The maximum absolute atomic E-state index is 11.9. The Balaban J connectivity index is -0.000000214. The van der Waals surface area contributed by atoms with Crippen molar-refractivity contribution in [1.29, 1.82) is 0 Å². The molecule has 14 nitrogen and oxygen atoms in total. The molecular weight excluding hydrogens is 1470 g/mol. The highest BCUT2D eigenvalue weighted by Gasteiger charge is 2.28. The first-order valence-corrected chi connectivity index (χ1v) is 42.6. The Labute approximate surface area is 743 Å². The van der Waals surface area contributed by atoms with Crippen LogP contribution in [0.3, 0.4) is 0 Å². The molecule has 0 aliphatic carbocycles. The first-order chi connectivity index (χ1) is 58.6. The molecule has 0 saturated heterocycles. The molecule has 119 heavy (non-hydrogen) atoms. The SMILES string of the molecule is C.CC.CC.CC.CC.CC.CC.CC.CC(C)(C)C(=O)NCc1ccccc1.CC(NC(=O)C(C)(C)C)c1ccccc1.C[C@@H](NC(=O)C(C)(C)C)c1ccccc1.C[C@H](NC(=O)C(C)(C)C)c1ccccc1.[2H]C([2H])([2H])C(NC(=O)C(C)(C)C)c1ccccc1.[2H]C([2H])([2H])[C@@H](NC(=O)C(C)(C)C)c1ccccc1.[2H]C([2H])([2H])[C@H](NC(=O)C(C)(C)C)c1ccccc1. The summed E-state index contributed by atoms with van der Waals surface area (Å²) in [6, 6.07) is 63.4. The zero-order chi connectivity index (χ0) is 101. The minimum atomic E-state index is -2.26. The largest absolute Gasteiger partial charge is 0.352 e. The van der Waals surface area contributed by atoms with Gasteiger partial charge in [-0.3, -0.25) is 33.6 Å². The summed E-state index contributed by atoms with van der Waals surface area (Å²) in [5.41, 5.74) is 3.17. The molecule has 7 amide bonds. The van der Waals surface area contributed by atoms with E-state index in [1.54, 1.807) is 135 Å². The first kappa shape index (κ1) is 106. The Morgan fingerprint density at radius 3 is 0.487 bits per heavy atom. The van der Waals surface area contributed by atoms with Crippen molar-refractivity contribution in [2.45, 2.75) is 334 Å². The lowest BCUT2D eigenvalue weighted by Gasteiger charge is -2.22. The van der Waals surface area contributed by atoms with Gasteiger partial charge in [-0.25, -0.2) is 0 Å². The van der Waals surface area contributed by atoms with Gasteiger partial charge in [0.1, 0.15) is 0 Å². The summed E-state index contributed by atoms with van der Waals surface area (Å²) in [5.74, 6) is -0.481. The summed E-state index contributed by atoms with van der Waals surface area (Å²) in [4.78, 5) is 82.5. The maximum Gasteiger partial charge on any atom is 0.225 e. The van der Waals surface area contributed by atoms with Crippen molar-refractivity contribution in [3.05, 3.63) is 251 Å². The molecule has 0 radical (unpaired) electrons. The molecule has 674 valence electrons. The van der Waals surface area contributed by atoms with Gasteiger partial charge in [-0.1, -0.05) is 462 Å². The number of carbonyl (C=O) groups excluding carboxylic acids is 7. The van der Waals surface area contributed by atoms with Crippen LogP contribution in [0, 0.1) is 37.9 Å². The topological polar surface area (TPSA) is 204 Å². The van der Waals surface area contributed by atoms with Gasteiger partial charge in [0.05, 0.1) is 36.3 Å². The molecule has 14 heteroatoms. The van der Waals surface area contributed by atoms with Crippen molar-refractivity contribution in [3.8, 4) is 0 Å². The average molecular weight is 1660 g/mol. The third-order valence-corrected chi connectivity index (χ3v) is 15.2.